The van der Waals surface area contributed by atoms with E-state index in [4.69, 9.17) is 0 Å². The minimum atomic E-state index is 0.648. The van der Waals surface area contributed by atoms with Crippen molar-refractivity contribution >= 4 is 0 Å². The largest absolute Gasteiger partial charge is 0.314 e. The van der Waals surface area contributed by atoms with E-state index in [9.17, 15) is 0 Å². The third kappa shape index (κ3) is 1.52. The van der Waals surface area contributed by atoms with Crippen molar-refractivity contribution in [3.63, 3.8) is 0 Å². The van der Waals surface area contributed by atoms with E-state index in [1.54, 1.807) is 0 Å². The molecule has 0 aromatic carbocycles. The molecule has 2 aliphatic carbocycles. The predicted octanol–water partition coefficient (Wildman–Crippen LogP) is 2.42. The van der Waals surface area contributed by atoms with Gasteiger partial charge >= 0.3 is 0 Å². The normalized spacial score (nSPS) is 34.8. The second-order valence-corrected chi connectivity index (χ2v) is 5.22. The number of nitrogens with one attached hydrogen (secondary N) is 1. The van der Waals surface area contributed by atoms with Gasteiger partial charge in [-0.3, -0.25) is 0 Å². The van der Waals surface area contributed by atoms with Gasteiger partial charge in [0.15, 0.2) is 0 Å². The third-order valence-corrected chi connectivity index (χ3v) is 3.59. The first-order valence-corrected chi connectivity index (χ1v) is 5.38. The highest BCUT2D eigenvalue weighted by atomic mass is 15.0. The summed E-state index contributed by atoms with van der Waals surface area (Å²) in [6, 6.07) is 0.852. The Hall–Kier alpha value is -0.0400. The molecule has 2 aliphatic rings. The van der Waals surface area contributed by atoms with Crippen LogP contribution in [-0.4, -0.2) is 12.6 Å². The van der Waals surface area contributed by atoms with Gasteiger partial charge < -0.3 is 5.32 Å². The quantitative estimate of drug-likeness (QED) is 0.678. The van der Waals surface area contributed by atoms with Crippen molar-refractivity contribution < 1.29 is 0 Å². The van der Waals surface area contributed by atoms with Crippen LogP contribution in [0.2, 0.25) is 0 Å². The first-order valence-electron chi connectivity index (χ1n) is 5.38. The highest BCUT2D eigenvalue weighted by Crippen LogP contribution is 2.57. The Balaban J connectivity index is 1.89. The Labute approximate surface area is 75.9 Å². The monoisotopic (exact) mass is 167 g/mol. The lowest BCUT2D eigenvalue weighted by Crippen LogP contribution is -2.34. The van der Waals surface area contributed by atoms with Crippen LogP contribution in [0.1, 0.15) is 40.0 Å². The maximum Gasteiger partial charge on any atom is 0.0129 e. The molecule has 0 spiro atoms. The van der Waals surface area contributed by atoms with Gasteiger partial charge in [0.2, 0.25) is 0 Å². The lowest BCUT2D eigenvalue weighted by Gasteiger charge is -2.18. The second kappa shape index (κ2) is 2.73. The lowest BCUT2D eigenvalue weighted by molar-refractivity contribution is 0.376. The minimum Gasteiger partial charge on any atom is -0.314 e. The van der Waals surface area contributed by atoms with Gasteiger partial charge in [0.1, 0.15) is 0 Å². The molecule has 2 fully saturated rings. The summed E-state index contributed by atoms with van der Waals surface area (Å²) in [5, 5.41) is 3.66. The van der Waals surface area contributed by atoms with Crippen LogP contribution in [0.5, 0.6) is 0 Å². The average molecular weight is 167 g/mol. The van der Waals surface area contributed by atoms with E-state index >= 15 is 0 Å². The van der Waals surface area contributed by atoms with Crippen molar-refractivity contribution in [1.82, 2.24) is 5.32 Å². The molecule has 0 saturated heterocycles. The molecule has 70 valence electrons. The zero-order chi connectivity index (χ0) is 8.77. The van der Waals surface area contributed by atoms with E-state index in [0.29, 0.717) is 5.41 Å². The molecular weight excluding hydrogens is 146 g/mol. The van der Waals surface area contributed by atoms with E-state index in [1.807, 2.05) is 0 Å². The Bertz CT molecular complexity index is 170. The van der Waals surface area contributed by atoms with Crippen LogP contribution >= 0.6 is 0 Å². The van der Waals surface area contributed by atoms with Crippen molar-refractivity contribution in [2.45, 2.75) is 46.1 Å². The molecule has 0 aromatic heterocycles. The summed E-state index contributed by atoms with van der Waals surface area (Å²) in [4.78, 5) is 0. The van der Waals surface area contributed by atoms with Crippen molar-refractivity contribution in [3.05, 3.63) is 0 Å². The van der Waals surface area contributed by atoms with Crippen LogP contribution < -0.4 is 5.32 Å². The summed E-state index contributed by atoms with van der Waals surface area (Å²) < 4.78 is 0. The Morgan fingerprint density at radius 1 is 1.42 bits per heavy atom. The third-order valence-electron chi connectivity index (χ3n) is 3.59. The van der Waals surface area contributed by atoms with Gasteiger partial charge in [-0.1, -0.05) is 20.8 Å². The maximum absolute atomic E-state index is 3.66. The summed E-state index contributed by atoms with van der Waals surface area (Å²) in [6.07, 6.45) is 4.40. The summed E-state index contributed by atoms with van der Waals surface area (Å²) in [5.74, 6) is 2.00. The van der Waals surface area contributed by atoms with E-state index in [1.165, 1.54) is 19.3 Å². The first kappa shape index (κ1) is 8.55. The number of hydrogen-bond donors (Lipinski definition) is 1. The number of hydrogen-bond acceptors (Lipinski definition) is 1. The van der Waals surface area contributed by atoms with Gasteiger partial charge in [0, 0.05) is 6.04 Å². The molecule has 1 N–H and O–H groups in total. The molecule has 2 atom stereocenters. The summed E-state index contributed by atoms with van der Waals surface area (Å²) >= 11 is 0. The first-order chi connectivity index (χ1) is 5.65. The van der Waals surface area contributed by atoms with E-state index in [0.717, 1.165) is 24.4 Å². The molecular formula is C11H21N. The van der Waals surface area contributed by atoms with Crippen molar-refractivity contribution in [2.24, 2.45) is 17.3 Å². The molecule has 1 heteroatoms. The summed E-state index contributed by atoms with van der Waals surface area (Å²) in [7, 11) is 0. The molecule has 1 nitrogen and oxygen atoms in total. The molecule has 0 heterocycles. The fraction of sp³-hybridized carbons (Fsp3) is 1.00. The minimum absolute atomic E-state index is 0.648. The predicted molar refractivity (Wildman–Crippen MR) is 52.1 cm³/mol. The van der Waals surface area contributed by atoms with Gasteiger partial charge in [0.05, 0.1) is 0 Å². The van der Waals surface area contributed by atoms with Gasteiger partial charge in [-0.15, -0.1) is 0 Å². The van der Waals surface area contributed by atoms with Crippen LogP contribution in [-0.2, 0) is 0 Å². The molecule has 12 heavy (non-hydrogen) atoms. The standard InChI is InChI=1S/C11H21N/c1-4-12-10(8-5-6-8)9-7-11(9,2)3/h8-10,12H,4-7H2,1-3H3. The molecule has 2 rings (SSSR count). The molecule has 0 bridgehead atoms. The van der Waals surface area contributed by atoms with Crippen LogP contribution in [0.15, 0.2) is 0 Å². The van der Waals surface area contributed by atoms with Gasteiger partial charge in [0.25, 0.3) is 0 Å². The highest BCUT2D eigenvalue weighted by Gasteiger charge is 2.53. The lowest BCUT2D eigenvalue weighted by atomic mass is 10.0. The van der Waals surface area contributed by atoms with Gasteiger partial charge in [-0.25, -0.2) is 0 Å². The highest BCUT2D eigenvalue weighted by molar-refractivity contribution is 5.06. The smallest absolute Gasteiger partial charge is 0.0129 e. The van der Waals surface area contributed by atoms with Crippen molar-refractivity contribution in [1.29, 1.82) is 0 Å². The molecule has 0 amide bonds. The zero-order valence-corrected chi connectivity index (χ0v) is 8.56. The van der Waals surface area contributed by atoms with Crippen molar-refractivity contribution in [2.75, 3.05) is 6.54 Å². The Kier molecular flexibility index (Phi) is 1.95. The Morgan fingerprint density at radius 2 is 2.00 bits per heavy atom. The van der Waals surface area contributed by atoms with Crippen molar-refractivity contribution in [3.8, 4) is 0 Å². The SMILES string of the molecule is CCNC(C1CC1)C1CC1(C)C. The molecule has 0 aliphatic heterocycles. The topological polar surface area (TPSA) is 12.0 Å². The second-order valence-electron chi connectivity index (χ2n) is 5.22. The fourth-order valence-corrected chi connectivity index (χ4v) is 2.45. The van der Waals surface area contributed by atoms with Crippen LogP contribution in [0.25, 0.3) is 0 Å². The van der Waals surface area contributed by atoms with Gasteiger partial charge in [-0.05, 0) is 43.1 Å². The molecule has 2 saturated carbocycles. The average Bonchev–Trinajstić information content (AvgIpc) is 2.83. The van der Waals surface area contributed by atoms with E-state index in [-0.39, 0.29) is 0 Å². The maximum atomic E-state index is 3.66. The summed E-state index contributed by atoms with van der Waals surface area (Å²) in [5.41, 5.74) is 0.648. The van der Waals surface area contributed by atoms with Gasteiger partial charge in [-0.2, -0.15) is 0 Å². The Morgan fingerprint density at radius 3 is 2.33 bits per heavy atom. The molecule has 2 unspecified atom stereocenters. The van der Waals surface area contributed by atoms with Crippen LogP contribution in [0, 0.1) is 17.3 Å². The zero-order valence-electron chi connectivity index (χ0n) is 8.56. The molecule has 0 aromatic rings. The molecule has 0 radical (unpaired) electrons. The van der Waals surface area contributed by atoms with E-state index < -0.39 is 0 Å². The van der Waals surface area contributed by atoms with Crippen LogP contribution in [0.3, 0.4) is 0 Å². The summed E-state index contributed by atoms with van der Waals surface area (Å²) in [6.45, 7) is 8.19. The van der Waals surface area contributed by atoms with Crippen LogP contribution in [0.4, 0.5) is 0 Å². The number of rotatable bonds is 4. The van der Waals surface area contributed by atoms with E-state index in [2.05, 4.69) is 26.1 Å². The fourth-order valence-electron chi connectivity index (χ4n) is 2.45.